The molecule has 6 heteroatoms. The van der Waals surface area contributed by atoms with E-state index in [1.807, 2.05) is 18.2 Å². The maximum absolute atomic E-state index is 5.40. The lowest BCUT2D eigenvalue weighted by Gasteiger charge is -2.07. The molecule has 0 aliphatic rings. The molecule has 0 aliphatic heterocycles. The van der Waals surface area contributed by atoms with Crippen molar-refractivity contribution in [3.8, 4) is 17.1 Å². The van der Waals surface area contributed by atoms with E-state index in [0.29, 0.717) is 17.5 Å². The fourth-order valence-electron chi connectivity index (χ4n) is 1.29. The maximum atomic E-state index is 5.40. The Hall–Kier alpha value is -1.40. The summed E-state index contributed by atoms with van der Waals surface area (Å²) in [4.78, 5) is 4.15. The van der Waals surface area contributed by atoms with Crippen LogP contribution in [-0.2, 0) is 4.74 Å². The molecule has 0 saturated carbocycles. The number of aryl methyl sites for hydroxylation is 1. The predicted octanol–water partition coefficient (Wildman–Crippen LogP) is 2.79. The van der Waals surface area contributed by atoms with Gasteiger partial charge in [0.1, 0.15) is 5.75 Å². The van der Waals surface area contributed by atoms with Crippen molar-refractivity contribution in [2.24, 2.45) is 0 Å². The van der Waals surface area contributed by atoms with Crippen molar-refractivity contribution in [3.63, 3.8) is 0 Å². The lowest BCUT2D eigenvalue weighted by Crippen LogP contribution is -1.99. The van der Waals surface area contributed by atoms with Crippen LogP contribution in [0.4, 0.5) is 0 Å². The molecule has 0 atom stereocenters. The van der Waals surface area contributed by atoms with Gasteiger partial charge in [0.25, 0.3) is 0 Å². The van der Waals surface area contributed by atoms with Crippen LogP contribution in [0, 0.1) is 6.92 Å². The molecule has 1 heterocycles. The van der Waals surface area contributed by atoms with E-state index < -0.39 is 0 Å². The van der Waals surface area contributed by atoms with Crippen LogP contribution in [-0.4, -0.2) is 24.0 Å². The highest BCUT2D eigenvalue weighted by Gasteiger charge is 2.09. The number of hydrogen-bond acceptors (Lipinski definition) is 5. The first-order valence-electron chi connectivity index (χ1n) is 4.92. The van der Waals surface area contributed by atoms with E-state index in [0.717, 1.165) is 10.0 Å². The molecule has 2 rings (SSSR count). The van der Waals surface area contributed by atoms with E-state index in [9.17, 15) is 0 Å². The van der Waals surface area contributed by atoms with Crippen LogP contribution in [0.1, 0.15) is 5.89 Å². The van der Waals surface area contributed by atoms with Crippen LogP contribution in [0.15, 0.2) is 27.2 Å². The minimum atomic E-state index is 0.188. The Morgan fingerprint density at radius 1 is 1.41 bits per heavy atom. The third kappa shape index (κ3) is 2.83. The van der Waals surface area contributed by atoms with Crippen LogP contribution < -0.4 is 4.74 Å². The molecule has 90 valence electrons. The number of halogens is 1. The number of aromatic nitrogens is 2. The highest BCUT2D eigenvalue weighted by atomic mass is 79.9. The van der Waals surface area contributed by atoms with Crippen molar-refractivity contribution >= 4 is 15.9 Å². The first kappa shape index (κ1) is 12.1. The number of nitrogens with zero attached hydrogens (tertiary/aromatic N) is 2. The lowest BCUT2D eigenvalue weighted by molar-refractivity contribution is 0.0506. The zero-order chi connectivity index (χ0) is 12.3. The molecule has 0 bridgehead atoms. The van der Waals surface area contributed by atoms with Crippen LogP contribution in [0.3, 0.4) is 0 Å². The second-order valence-corrected chi connectivity index (χ2v) is 4.19. The monoisotopic (exact) mass is 298 g/mol. The van der Waals surface area contributed by atoms with Crippen molar-refractivity contribution in [1.82, 2.24) is 10.1 Å². The van der Waals surface area contributed by atoms with Gasteiger partial charge in [-0.3, -0.25) is 0 Å². The molecule has 0 saturated heterocycles. The molecule has 5 nitrogen and oxygen atoms in total. The zero-order valence-electron chi connectivity index (χ0n) is 9.44. The smallest absolute Gasteiger partial charge is 0.223 e. The summed E-state index contributed by atoms with van der Waals surface area (Å²) in [5.41, 5.74) is 0.830. The number of methoxy groups -OCH3 is 1. The molecule has 0 spiro atoms. The van der Waals surface area contributed by atoms with Gasteiger partial charge < -0.3 is 14.0 Å². The molecule has 0 amide bonds. The molecule has 0 unspecified atom stereocenters. The van der Waals surface area contributed by atoms with Gasteiger partial charge in [-0.15, -0.1) is 0 Å². The number of hydrogen-bond donors (Lipinski definition) is 0. The zero-order valence-corrected chi connectivity index (χ0v) is 11.0. The summed E-state index contributed by atoms with van der Waals surface area (Å²) in [5.74, 6) is 1.74. The summed E-state index contributed by atoms with van der Waals surface area (Å²) in [7, 11) is 1.57. The average molecular weight is 299 g/mol. The molecule has 0 N–H and O–H groups in total. The van der Waals surface area contributed by atoms with Crippen molar-refractivity contribution in [2.75, 3.05) is 13.9 Å². The largest absolute Gasteiger partial charge is 0.466 e. The standard InChI is InChI=1S/C11H11BrN2O3/c1-7-13-11(14-17-7)8-3-4-9(12)10(5-8)16-6-15-2/h3-5H,6H2,1-2H3. The molecule has 1 aromatic carbocycles. The Balaban J connectivity index is 2.30. The van der Waals surface area contributed by atoms with Gasteiger partial charge in [-0.1, -0.05) is 5.16 Å². The molecule has 1 aromatic heterocycles. The topological polar surface area (TPSA) is 57.4 Å². The summed E-state index contributed by atoms with van der Waals surface area (Å²) < 4.78 is 16.0. The first-order chi connectivity index (χ1) is 8.20. The van der Waals surface area contributed by atoms with Gasteiger partial charge in [0.2, 0.25) is 11.7 Å². The van der Waals surface area contributed by atoms with E-state index in [1.165, 1.54) is 0 Å². The molecule has 0 radical (unpaired) electrons. The highest BCUT2D eigenvalue weighted by Crippen LogP contribution is 2.29. The minimum absolute atomic E-state index is 0.188. The van der Waals surface area contributed by atoms with Gasteiger partial charge in [-0.25, -0.2) is 0 Å². The summed E-state index contributed by atoms with van der Waals surface area (Å²) in [5, 5.41) is 3.85. The SMILES string of the molecule is COCOc1cc(-c2noc(C)n2)ccc1Br. The van der Waals surface area contributed by atoms with Crippen molar-refractivity contribution in [2.45, 2.75) is 6.92 Å². The molecular weight excluding hydrogens is 288 g/mol. The molecular formula is C11H11BrN2O3. The molecule has 0 fully saturated rings. The first-order valence-corrected chi connectivity index (χ1v) is 5.72. The van der Waals surface area contributed by atoms with Crippen LogP contribution in [0.25, 0.3) is 11.4 Å². The summed E-state index contributed by atoms with van der Waals surface area (Å²) >= 11 is 3.39. The summed E-state index contributed by atoms with van der Waals surface area (Å²) in [6, 6.07) is 5.58. The molecule has 2 aromatic rings. The Labute approximate surface area is 107 Å². The Kier molecular flexibility index (Phi) is 3.75. The van der Waals surface area contributed by atoms with Crippen LogP contribution in [0.5, 0.6) is 5.75 Å². The minimum Gasteiger partial charge on any atom is -0.466 e. The Morgan fingerprint density at radius 2 is 2.24 bits per heavy atom. The molecule has 17 heavy (non-hydrogen) atoms. The average Bonchev–Trinajstić information content (AvgIpc) is 2.75. The second kappa shape index (κ2) is 5.29. The highest BCUT2D eigenvalue weighted by molar-refractivity contribution is 9.10. The number of ether oxygens (including phenoxy) is 2. The normalized spacial score (nSPS) is 10.5. The van der Waals surface area contributed by atoms with E-state index in [1.54, 1.807) is 14.0 Å². The van der Waals surface area contributed by atoms with Crippen LogP contribution >= 0.6 is 15.9 Å². The third-order valence-electron chi connectivity index (χ3n) is 2.05. The quantitative estimate of drug-likeness (QED) is 0.812. The van der Waals surface area contributed by atoms with E-state index in [-0.39, 0.29) is 6.79 Å². The van der Waals surface area contributed by atoms with Gasteiger partial charge >= 0.3 is 0 Å². The van der Waals surface area contributed by atoms with Gasteiger partial charge in [-0.2, -0.15) is 4.98 Å². The van der Waals surface area contributed by atoms with E-state index in [2.05, 4.69) is 26.1 Å². The third-order valence-corrected chi connectivity index (χ3v) is 2.70. The van der Waals surface area contributed by atoms with E-state index >= 15 is 0 Å². The van der Waals surface area contributed by atoms with Crippen molar-refractivity contribution in [1.29, 1.82) is 0 Å². The summed E-state index contributed by atoms with van der Waals surface area (Å²) in [6.07, 6.45) is 0. The lowest BCUT2D eigenvalue weighted by atomic mass is 10.2. The van der Waals surface area contributed by atoms with Crippen LogP contribution in [0.2, 0.25) is 0 Å². The van der Waals surface area contributed by atoms with Gasteiger partial charge in [0, 0.05) is 19.6 Å². The van der Waals surface area contributed by atoms with Crippen molar-refractivity contribution in [3.05, 3.63) is 28.6 Å². The summed E-state index contributed by atoms with van der Waals surface area (Å²) in [6.45, 7) is 1.94. The second-order valence-electron chi connectivity index (χ2n) is 3.33. The van der Waals surface area contributed by atoms with Gasteiger partial charge in [-0.05, 0) is 34.1 Å². The fourth-order valence-corrected chi connectivity index (χ4v) is 1.65. The molecule has 0 aliphatic carbocycles. The van der Waals surface area contributed by atoms with Gasteiger partial charge in [0.15, 0.2) is 6.79 Å². The Morgan fingerprint density at radius 3 is 2.88 bits per heavy atom. The number of benzene rings is 1. The van der Waals surface area contributed by atoms with Gasteiger partial charge in [0.05, 0.1) is 4.47 Å². The maximum Gasteiger partial charge on any atom is 0.223 e. The fraction of sp³-hybridized carbons (Fsp3) is 0.273. The van der Waals surface area contributed by atoms with E-state index in [4.69, 9.17) is 14.0 Å². The Bertz CT molecular complexity index is 513. The predicted molar refractivity (Wildman–Crippen MR) is 64.7 cm³/mol. The number of rotatable bonds is 4. The van der Waals surface area contributed by atoms with Crippen molar-refractivity contribution < 1.29 is 14.0 Å².